The molecule has 0 bridgehead atoms. The first-order valence-electron chi connectivity index (χ1n) is 6.08. The number of aliphatic carboxylic acids is 1. The van der Waals surface area contributed by atoms with E-state index in [-0.39, 0.29) is 41.7 Å². The monoisotopic (exact) mass is 269 g/mol. The largest absolute Gasteiger partial charge is 0.508 e. The number of rotatable bonds is 6. The summed E-state index contributed by atoms with van der Waals surface area (Å²) in [5.74, 6) is -2.82. The SMILES string of the molecule is CCC(CC(CN)C(=O)O)c1c(O)cc(O)cc1O. The second kappa shape index (κ2) is 6.29. The summed E-state index contributed by atoms with van der Waals surface area (Å²) >= 11 is 0. The Bertz CT molecular complexity index is 437. The molecule has 0 saturated carbocycles. The van der Waals surface area contributed by atoms with Crippen LogP contribution in [0.25, 0.3) is 0 Å². The fourth-order valence-electron chi connectivity index (χ4n) is 2.16. The molecule has 0 fully saturated rings. The quantitative estimate of drug-likeness (QED) is 0.531. The molecule has 0 saturated heterocycles. The topological polar surface area (TPSA) is 124 Å². The standard InChI is InChI=1S/C13H19NO5/c1-2-7(3-8(6-14)13(18)19)12-10(16)4-9(15)5-11(12)17/h4-5,7-8,15-17H,2-3,6,14H2,1H3,(H,18,19). The van der Waals surface area contributed by atoms with Crippen LogP contribution in [0.3, 0.4) is 0 Å². The molecule has 0 heterocycles. The van der Waals surface area contributed by atoms with E-state index in [1.54, 1.807) is 0 Å². The Balaban J connectivity index is 3.07. The summed E-state index contributed by atoms with van der Waals surface area (Å²) in [4.78, 5) is 11.0. The molecular formula is C13H19NO5. The van der Waals surface area contributed by atoms with Gasteiger partial charge in [0, 0.05) is 24.2 Å². The third-order valence-electron chi connectivity index (χ3n) is 3.22. The van der Waals surface area contributed by atoms with Gasteiger partial charge in [0.25, 0.3) is 0 Å². The van der Waals surface area contributed by atoms with Crippen LogP contribution < -0.4 is 5.73 Å². The van der Waals surface area contributed by atoms with Crippen LogP contribution >= 0.6 is 0 Å². The maximum absolute atomic E-state index is 11.0. The van der Waals surface area contributed by atoms with Crippen molar-refractivity contribution in [1.82, 2.24) is 0 Å². The van der Waals surface area contributed by atoms with Gasteiger partial charge in [-0.1, -0.05) is 6.92 Å². The molecule has 106 valence electrons. The Morgan fingerprint density at radius 3 is 2.16 bits per heavy atom. The number of carbonyl (C=O) groups is 1. The molecule has 2 atom stereocenters. The molecule has 1 aromatic carbocycles. The third kappa shape index (κ3) is 3.51. The average Bonchev–Trinajstić information content (AvgIpc) is 2.31. The molecule has 1 aromatic rings. The maximum Gasteiger partial charge on any atom is 0.307 e. The fraction of sp³-hybridized carbons (Fsp3) is 0.462. The van der Waals surface area contributed by atoms with Gasteiger partial charge in [-0.05, 0) is 18.8 Å². The van der Waals surface area contributed by atoms with E-state index in [1.807, 2.05) is 6.92 Å². The van der Waals surface area contributed by atoms with Gasteiger partial charge in [0.1, 0.15) is 17.2 Å². The highest BCUT2D eigenvalue weighted by molar-refractivity contribution is 5.70. The molecule has 6 N–H and O–H groups in total. The minimum Gasteiger partial charge on any atom is -0.508 e. The number of nitrogens with two attached hydrogens (primary N) is 1. The molecule has 0 aliphatic rings. The normalized spacial score (nSPS) is 14.0. The lowest BCUT2D eigenvalue weighted by atomic mass is 9.86. The van der Waals surface area contributed by atoms with Crippen LogP contribution in [0.15, 0.2) is 12.1 Å². The molecule has 2 unspecified atom stereocenters. The van der Waals surface area contributed by atoms with Crippen LogP contribution in [0.5, 0.6) is 17.2 Å². The fourth-order valence-corrected chi connectivity index (χ4v) is 2.16. The molecular weight excluding hydrogens is 250 g/mol. The summed E-state index contributed by atoms with van der Waals surface area (Å²) in [5.41, 5.74) is 5.66. The van der Waals surface area contributed by atoms with Gasteiger partial charge < -0.3 is 26.2 Å². The zero-order valence-corrected chi connectivity index (χ0v) is 10.7. The van der Waals surface area contributed by atoms with Crippen molar-refractivity contribution in [2.45, 2.75) is 25.7 Å². The Kier molecular flexibility index (Phi) is 5.00. The Hall–Kier alpha value is -1.95. The minimum absolute atomic E-state index is 0.00849. The van der Waals surface area contributed by atoms with Crippen molar-refractivity contribution in [1.29, 1.82) is 0 Å². The van der Waals surface area contributed by atoms with Crippen molar-refractivity contribution in [2.24, 2.45) is 11.7 Å². The average molecular weight is 269 g/mol. The summed E-state index contributed by atoms with van der Waals surface area (Å²) < 4.78 is 0. The van der Waals surface area contributed by atoms with Gasteiger partial charge in [0.15, 0.2) is 0 Å². The highest BCUT2D eigenvalue weighted by Gasteiger charge is 2.25. The lowest BCUT2D eigenvalue weighted by molar-refractivity contribution is -0.141. The minimum atomic E-state index is -1.00. The van der Waals surface area contributed by atoms with Crippen molar-refractivity contribution >= 4 is 5.97 Å². The first-order chi connectivity index (χ1) is 8.90. The predicted molar refractivity (Wildman–Crippen MR) is 69.3 cm³/mol. The van der Waals surface area contributed by atoms with Crippen molar-refractivity contribution in [3.8, 4) is 17.2 Å². The van der Waals surface area contributed by atoms with E-state index in [2.05, 4.69) is 0 Å². The Morgan fingerprint density at radius 1 is 1.26 bits per heavy atom. The highest BCUT2D eigenvalue weighted by atomic mass is 16.4. The molecule has 0 spiro atoms. The predicted octanol–water partition coefficient (Wildman–Crippen LogP) is 1.35. The van der Waals surface area contributed by atoms with E-state index in [0.717, 1.165) is 12.1 Å². The van der Waals surface area contributed by atoms with Gasteiger partial charge in [-0.2, -0.15) is 0 Å². The summed E-state index contributed by atoms with van der Waals surface area (Å²) in [6.45, 7) is 1.82. The maximum atomic E-state index is 11.0. The summed E-state index contributed by atoms with van der Waals surface area (Å²) in [7, 11) is 0. The number of hydrogen-bond acceptors (Lipinski definition) is 5. The van der Waals surface area contributed by atoms with Crippen molar-refractivity contribution in [3.05, 3.63) is 17.7 Å². The second-order valence-electron chi connectivity index (χ2n) is 4.51. The molecule has 0 aliphatic heterocycles. The Morgan fingerprint density at radius 2 is 1.79 bits per heavy atom. The molecule has 0 aromatic heterocycles. The molecule has 0 amide bonds. The molecule has 0 radical (unpaired) electrons. The van der Waals surface area contributed by atoms with Crippen molar-refractivity contribution in [3.63, 3.8) is 0 Å². The van der Waals surface area contributed by atoms with Crippen molar-refractivity contribution < 1.29 is 25.2 Å². The number of carboxylic acid groups (broad SMARTS) is 1. The van der Waals surface area contributed by atoms with Gasteiger partial charge in [-0.25, -0.2) is 0 Å². The van der Waals surface area contributed by atoms with E-state index in [9.17, 15) is 20.1 Å². The highest BCUT2D eigenvalue weighted by Crippen LogP contribution is 2.41. The lowest BCUT2D eigenvalue weighted by Crippen LogP contribution is -2.25. The van der Waals surface area contributed by atoms with E-state index >= 15 is 0 Å². The molecule has 0 aliphatic carbocycles. The molecule has 6 nitrogen and oxygen atoms in total. The first-order valence-corrected chi connectivity index (χ1v) is 6.08. The van der Waals surface area contributed by atoms with Crippen LogP contribution in [0, 0.1) is 5.92 Å². The summed E-state index contributed by atoms with van der Waals surface area (Å²) in [6, 6.07) is 2.24. The second-order valence-corrected chi connectivity index (χ2v) is 4.51. The number of aromatic hydroxyl groups is 3. The molecule has 1 rings (SSSR count). The van der Waals surface area contributed by atoms with Crippen LogP contribution in [0.1, 0.15) is 31.2 Å². The molecule has 19 heavy (non-hydrogen) atoms. The number of benzene rings is 1. The summed E-state index contributed by atoms with van der Waals surface area (Å²) in [6.07, 6.45) is 0.754. The van der Waals surface area contributed by atoms with Crippen LogP contribution in [0.4, 0.5) is 0 Å². The van der Waals surface area contributed by atoms with Gasteiger partial charge in [-0.15, -0.1) is 0 Å². The van der Waals surface area contributed by atoms with Crippen LogP contribution in [-0.4, -0.2) is 32.9 Å². The van der Waals surface area contributed by atoms with E-state index in [0.29, 0.717) is 6.42 Å². The zero-order chi connectivity index (χ0) is 14.6. The van der Waals surface area contributed by atoms with Gasteiger partial charge >= 0.3 is 5.97 Å². The van der Waals surface area contributed by atoms with Crippen LogP contribution in [-0.2, 0) is 4.79 Å². The Labute approximate surface area is 111 Å². The third-order valence-corrected chi connectivity index (χ3v) is 3.22. The van der Waals surface area contributed by atoms with Crippen LogP contribution in [0.2, 0.25) is 0 Å². The first kappa shape index (κ1) is 15.1. The van der Waals surface area contributed by atoms with Crippen molar-refractivity contribution in [2.75, 3.05) is 6.54 Å². The number of phenolic OH excluding ortho intramolecular Hbond substituents is 3. The van der Waals surface area contributed by atoms with Gasteiger partial charge in [-0.3, -0.25) is 4.79 Å². The van der Waals surface area contributed by atoms with E-state index < -0.39 is 11.9 Å². The van der Waals surface area contributed by atoms with E-state index in [1.165, 1.54) is 0 Å². The summed E-state index contributed by atoms with van der Waals surface area (Å²) in [5, 5.41) is 37.9. The number of phenols is 3. The van der Waals surface area contributed by atoms with Gasteiger partial charge in [0.2, 0.25) is 0 Å². The smallest absolute Gasteiger partial charge is 0.307 e. The van der Waals surface area contributed by atoms with Gasteiger partial charge in [0.05, 0.1) is 5.92 Å². The number of hydrogen-bond donors (Lipinski definition) is 5. The lowest BCUT2D eigenvalue weighted by Gasteiger charge is -2.21. The molecule has 6 heteroatoms. The zero-order valence-electron chi connectivity index (χ0n) is 10.7. The number of carboxylic acids is 1. The van der Waals surface area contributed by atoms with E-state index in [4.69, 9.17) is 10.8 Å².